The van der Waals surface area contributed by atoms with Crippen LogP contribution in [0.4, 0.5) is 4.39 Å². The molecule has 0 amide bonds. The fraction of sp³-hybridized carbons (Fsp3) is 0.417. The molecular weight excluding hydrogens is 195 g/mol. The molecule has 1 aromatic carbocycles. The number of ether oxygens (including phenoxy) is 1. The number of rotatable bonds is 3. The van der Waals surface area contributed by atoms with Crippen LogP contribution in [-0.4, -0.2) is 12.6 Å². The molecule has 15 heavy (non-hydrogen) atoms. The van der Waals surface area contributed by atoms with Crippen molar-refractivity contribution < 1.29 is 13.9 Å². The van der Waals surface area contributed by atoms with E-state index >= 15 is 0 Å². The second-order valence-electron chi connectivity index (χ2n) is 3.96. The number of aryl methyl sites for hydroxylation is 1. The third kappa shape index (κ3) is 3.35. The summed E-state index contributed by atoms with van der Waals surface area (Å²) in [6, 6.07) is 4.21. The highest BCUT2D eigenvalue weighted by Gasteiger charge is 2.09. The van der Waals surface area contributed by atoms with Gasteiger partial charge in [-0.1, -0.05) is 13.8 Å². The van der Waals surface area contributed by atoms with Crippen LogP contribution in [0, 0.1) is 18.7 Å². The van der Waals surface area contributed by atoms with E-state index in [1.807, 2.05) is 13.8 Å². The largest absolute Gasteiger partial charge is 0.462 e. The highest BCUT2D eigenvalue weighted by molar-refractivity contribution is 5.89. The molecule has 0 aliphatic rings. The molecule has 0 aromatic heterocycles. The van der Waals surface area contributed by atoms with Crippen LogP contribution in [0.15, 0.2) is 18.2 Å². The van der Waals surface area contributed by atoms with Crippen molar-refractivity contribution in [1.29, 1.82) is 0 Å². The van der Waals surface area contributed by atoms with Crippen LogP contribution in [-0.2, 0) is 4.74 Å². The number of halogens is 1. The van der Waals surface area contributed by atoms with E-state index in [1.165, 1.54) is 18.2 Å². The van der Waals surface area contributed by atoms with Gasteiger partial charge in [-0.15, -0.1) is 0 Å². The Kier molecular flexibility index (Phi) is 3.83. The number of carbonyl (C=O) groups is 1. The van der Waals surface area contributed by atoms with Crippen molar-refractivity contribution in [2.75, 3.05) is 6.61 Å². The first-order chi connectivity index (χ1) is 7.00. The highest BCUT2D eigenvalue weighted by Crippen LogP contribution is 2.10. The molecule has 0 saturated heterocycles. The Balaban J connectivity index is 2.70. The number of hydrogen-bond acceptors (Lipinski definition) is 2. The lowest BCUT2D eigenvalue weighted by molar-refractivity contribution is 0.0459. The lowest BCUT2D eigenvalue weighted by Crippen LogP contribution is -2.10. The molecule has 0 spiro atoms. The molecule has 82 valence electrons. The van der Waals surface area contributed by atoms with Crippen molar-refractivity contribution in [1.82, 2.24) is 0 Å². The fourth-order valence-corrected chi connectivity index (χ4v) is 1.10. The van der Waals surface area contributed by atoms with Gasteiger partial charge < -0.3 is 4.74 Å². The summed E-state index contributed by atoms with van der Waals surface area (Å²) in [5.74, 6) is -0.405. The smallest absolute Gasteiger partial charge is 0.338 e. The Hall–Kier alpha value is -1.38. The van der Waals surface area contributed by atoms with Gasteiger partial charge in [-0.05, 0) is 36.6 Å². The SMILES string of the molecule is Cc1cc(C(=O)OCC(C)C)ccc1F. The Labute approximate surface area is 89.1 Å². The zero-order chi connectivity index (χ0) is 11.4. The summed E-state index contributed by atoms with van der Waals surface area (Å²) in [4.78, 5) is 11.5. The molecule has 3 heteroatoms. The zero-order valence-electron chi connectivity index (χ0n) is 9.21. The Morgan fingerprint density at radius 2 is 2.13 bits per heavy atom. The maximum absolute atomic E-state index is 12.9. The normalized spacial score (nSPS) is 10.5. The van der Waals surface area contributed by atoms with Gasteiger partial charge in [0.15, 0.2) is 0 Å². The minimum atomic E-state index is -0.396. The number of hydrogen-bond donors (Lipinski definition) is 0. The Morgan fingerprint density at radius 1 is 1.47 bits per heavy atom. The van der Waals surface area contributed by atoms with Crippen molar-refractivity contribution in [3.05, 3.63) is 35.1 Å². The summed E-state index contributed by atoms with van der Waals surface area (Å²) in [7, 11) is 0. The molecule has 1 rings (SSSR count). The van der Waals surface area contributed by atoms with Crippen molar-refractivity contribution in [3.63, 3.8) is 0 Å². The average Bonchev–Trinajstić information content (AvgIpc) is 2.18. The predicted molar refractivity (Wildman–Crippen MR) is 56.3 cm³/mol. The Bertz CT molecular complexity index is 359. The molecule has 2 nitrogen and oxygen atoms in total. The predicted octanol–water partition coefficient (Wildman–Crippen LogP) is 2.95. The molecule has 0 atom stereocenters. The van der Waals surface area contributed by atoms with E-state index in [0.717, 1.165) is 0 Å². The van der Waals surface area contributed by atoms with E-state index < -0.39 is 5.97 Å². The maximum atomic E-state index is 12.9. The topological polar surface area (TPSA) is 26.3 Å². The minimum absolute atomic E-state index is 0.301. The molecule has 0 fully saturated rings. The first-order valence-corrected chi connectivity index (χ1v) is 4.94. The van der Waals surface area contributed by atoms with Gasteiger partial charge in [0.2, 0.25) is 0 Å². The van der Waals surface area contributed by atoms with Crippen molar-refractivity contribution in [2.24, 2.45) is 5.92 Å². The molecular formula is C12H15FO2. The van der Waals surface area contributed by atoms with Gasteiger partial charge in [0.1, 0.15) is 5.82 Å². The molecule has 0 bridgehead atoms. The molecule has 1 aromatic rings. The highest BCUT2D eigenvalue weighted by atomic mass is 19.1. The van der Waals surface area contributed by atoms with Gasteiger partial charge in [-0.3, -0.25) is 0 Å². The molecule has 0 aliphatic carbocycles. The second-order valence-corrected chi connectivity index (χ2v) is 3.96. The van der Waals surface area contributed by atoms with Crippen LogP contribution in [0.25, 0.3) is 0 Å². The van der Waals surface area contributed by atoms with Crippen LogP contribution in [0.3, 0.4) is 0 Å². The summed E-state index contributed by atoms with van der Waals surface area (Å²) in [6.45, 7) is 5.93. The third-order valence-corrected chi connectivity index (χ3v) is 1.94. The van der Waals surface area contributed by atoms with Gasteiger partial charge in [-0.25, -0.2) is 9.18 Å². The lowest BCUT2D eigenvalue weighted by atomic mass is 10.1. The van der Waals surface area contributed by atoms with E-state index in [4.69, 9.17) is 4.74 Å². The minimum Gasteiger partial charge on any atom is -0.462 e. The van der Waals surface area contributed by atoms with Gasteiger partial charge in [0, 0.05) is 0 Å². The van der Waals surface area contributed by atoms with Crippen molar-refractivity contribution in [2.45, 2.75) is 20.8 Å². The third-order valence-electron chi connectivity index (χ3n) is 1.94. The monoisotopic (exact) mass is 210 g/mol. The molecule has 0 unspecified atom stereocenters. The fourth-order valence-electron chi connectivity index (χ4n) is 1.10. The molecule has 0 saturated carbocycles. The Morgan fingerprint density at radius 3 is 2.67 bits per heavy atom. The molecule has 0 radical (unpaired) electrons. The first-order valence-electron chi connectivity index (χ1n) is 4.94. The summed E-state index contributed by atoms with van der Waals surface area (Å²) in [5.41, 5.74) is 0.851. The molecule has 0 aliphatic heterocycles. The van der Waals surface area contributed by atoms with Crippen LogP contribution < -0.4 is 0 Å². The summed E-state index contributed by atoms with van der Waals surface area (Å²) in [5, 5.41) is 0. The zero-order valence-corrected chi connectivity index (χ0v) is 9.21. The molecule has 0 N–H and O–H groups in total. The quantitative estimate of drug-likeness (QED) is 0.717. The summed E-state index contributed by atoms with van der Waals surface area (Å²) in [6.07, 6.45) is 0. The maximum Gasteiger partial charge on any atom is 0.338 e. The first kappa shape index (κ1) is 11.7. The van der Waals surface area contributed by atoms with Crippen LogP contribution in [0.1, 0.15) is 29.8 Å². The van der Waals surface area contributed by atoms with E-state index in [1.54, 1.807) is 6.92 Å². The number of esters is 1. The number of carbonyl (C=O) groups excluding carboxylic acids is 1. The van der Waals surface area contributed by atoms with Gasteiger partial charge >= 0.3 is 5.97 Å². The molecule has 0 heterocycles. The van der Waals surface area contributed by atoms with Crippen LogP contribution >= 0.6 is 0 Å². The summed E-state index contributed by atoms with van der Waals surface area (Å²) >= 11 is 0. The van der Waals surface area contributed by atoms with Crippen molar-refractivity contribution in [3.8, 4) is 0 Å². The standard InChI is InChI=1S/C12H15FO2/c1-8(2)7-15-12(14)10-4-5-11(13)9(3)6-10/h4-6,8H,7H2,1-3H3. The van der Waals surface area contributed by atoms with Crippen LogP contribution in [0.2, 0.25) is 0 Å². The van der Waals surface area contributed by atoms with Crippen molar-refractivity contribution >= 4 is 5.97 Å². The lowest BCUT2D eigenvalue weighted by Gasteiger charge is -2.07. The van der Waals surface area contributed by atoms with Gasteiger partial charge in [0.25, 0.3) is 0 Å². The van der Waals surface area contributed by atoms with E-state index in [2.05, 4.69) is 0 Å². The van der Waals surface area contributed by atoms with E-state index in [-0.39, 0.29) is 5.82 Å². The van der Waals surface area contributed by atoms with E-state index in [0.29, 0.717) is 23.7 Å². The summed E-state index contributed by atoms with van der Waals surface area (Å²) < 4.78 is 17.9. The van der Waals surface area contributed by atoms with E-state index in [9.17, 15) is 9.18 Å². The van der Waals surface area contributed by atoms with Crippen LogP contribution in [0.5, 0.6) is 0 Å². The second kappa shape index (κ2) is 4.91. The average molecular weight is 210 g/mol. The number of benzene rings is 1. The van der Waals surface area contributed by atoms with Gasteiger partial charge in [-0.2, -0.15) is 0 Å². The van der Waals surface area contributed by atoms with Gasteiger partial charge in [0.05, 0.1) is 12.2 Å².